The van der Waals surface area contributed by atoms with Gasteiger partial charge >= 0.3 is 0 Å². The summed E-state index contributed by atoms with van der Waals surface area (Å²) in [5.74, 6) is 0.709. The van der Waals surface area contributed by atoms with Gasteiger partial charge in [-0.3, -0.25) is 4.79 Å². The second kappa shape index (κ2) is 5.44. The maximum atomic E-state index is 12.2. The zero-order valence-electron chi connectivity index (χ0n) is 11.6. The molecule has 1 atom stereocenters. The van der Waals surface area contributed by atoms with Crippen LogP contribution in [0.5, 0.6) is 5.75 Å². The quantitative estimate of drug-likeness (QED) is 0.882. The van der Waals surface area contributed by atoms with E-state index in [1.165, 1.54) is 0 Å². The fourth-order valence-corrected chi connectivity index (χ4v) is 3.10. The van der Waals surface area contributed by atoms with Gasteiger partial charge in [-0.1, -0.05) is 31.0 Å². The van der Waals surface area contributed by atoms with Crippen molar-refractivity contribution in [3.63, 3.8) is 0 Å². The van der Waals surface area contributed by atoms with Gasteiger partial charge in [-0.25, -0.2) is 0 Å². The van der Waals surface area contributed by atoms with Crippen LogP contribution in [0.25, 0.3) is 0 Å². The van der Waals surface area contributed by atoms with Crippen molar-refractivity contribution in [3.05, 3.63) is 29.8 Å². The third-order valence-electron chi connectivity index (χ3n) is 4.38. The van der Waals surface area contributed by atoms with Gasteiger partial charge in [-0.2, -0.15) is 0 Å². The van der Waals surface area contributed by atoms with Crippen LogP contribution in [0, 0.1) is 5.92 Å². The predicted octanol–water partition coefficient (Wildman–Crippen LogP) is 1.66. The van der Waals surface area contributed by atoms with Crippen LogP contribution in [0.3, 0.4) is 0 Å². The van der Waals surface area contributed by atoms with Gasteiger partial charge in [0.05, 0.1) is 11.5 Å². The molecule has 0 saturated heterocycles. The molecule has 2 N–H and O–H groups in total. The highest BCUT2D eigenvalue weighted by Gasteiger charge is 2.33. The molecular formula is C16H21NO3. The van der Waals surface area contributed by atoms with Crippen LogP contribution in [0.15, 0.2) is 24.3 Å². The fourth-order valence-electron chi connectivity index (χ4n) is 3.10. The summed E-state index contributed by atoms with van der Waals surface area (Å²) < 4.78 is 5.63. The van der Waals surface area contributed by atoms with E-state index in [2.05, 4.69) is 5.32 Å². The Morgan fingerprint density at radius 3 is 2.90 bits per heavy atom. The van der Waals surface area contributed by atoms with Gasteiger partial charge in [0.1, 0.15) is 12.4 Å². The lowest BCUT2D eigenvalue weighted by Gasteiger charge is -2.27. The molecule has 4 heteroatoms. The maximum Gasteiger partial charge on any atom is 0.226 e. The molecule has 1 saturated carbocycles. The third kappa shape index (κ3) is 2.80. The normalized spacial score (nSPS) is 23.8. The number of hydrogen-bond donors (Lipinski definition) is 2. The van der Waals surface area contributed by atoms with Crippen molar-refractivity contribution in [2.75, 3.05) is 13.2 Å². The van der Waals surface area contributed by atoms with E-state index in [0.29, 0.717) is 19.6 Å². The molecule has 1 heterocycles. The minimum Gasteiger partial charge on any atom is -0.492 e. The Bertz CT molecular complexity index is 494. The van der Waals surface area contributed by atoms with Crippen LogP contribution in [0.2, 0.25) is 0 Å². The number of fused-ring (bicyclic) bond motifs is 1. The molecule has 1 amide bonds. The van der Waals surface area contributed by atoms with Crippen molar-refractivity contribution >= 4 is 5.91 Å². The molecule has 0 radical (unpaired) electrons. The Labute approximate surface area is 119 Å². The number of hydrogen-bond acceptors (Lipinski definition) is 3. The largest absolute Gasteiger partial charge is 0.492 e. The standard InChI is InChI=1S/C16H21NO3/c18-15(17-11-16(19)7-3-4-8-16)13-9-12-5-1-2-6-14(12)20-10-13/h1-2,5-6,13,19H,3-4,7-11H2,(H,17,18). The Hall–Kier alpha value is -1.55. The van der Waals surface area contributed by atoms with Crippen LogP contribution >= 0.6 is 0 Å². The van der Waals surface area contributed by atoms with Gasteiger partial charge in [0.15, 0.2) is 0 Å². The molecule has 2 aliphatic rings. The van der Waals surface area contributed by atoms with Crippen LogP contribution < -0.4 is 10.1 Å². The summed E-state index contributed by atoms with van der Waals surface area (Å²) in [5, 5.41) is 13.1. The van der Waals surface area contributed by atoms with E-state index >= 15 is 0 Å². The zero-order chi connectivity index (χ0) is 14.0. The summed E-state index contributed by atoms with van der Waals surface area (Å²) in [4.78, 5) is 12.2. The number of ether oxygens (including phenoxy) is 1. The molecule has 1 fully saturated rings. The van der Waals surface area contributed by atoms with Gasteiger partial charge in [0.25, 0.3) is 0 Å². The monoisotopic (exact) mass is 275 g/mol. The number of rotatable bonds is 3. The number of carbonyl (C=O) groups excluding carboxylic acids is 1. The number of benzene rings is 1. The van der Waals surface area contributed by atoms with E-state index in [1.54, 1.807) is 0 Å². The molecule has 20 heavy (non-hydrogen) atoms. The lowest BCUT2D eigenvalue weighted by atomic mass is 9.95. The Balaban J connectivity index is 1.56. The van der Waals surface area contributed by atoms with E-state index in [1.807, 2.05) is 24.3 Å². The number of amides is 1. The third-order valence-corrected chi connectivity index (χ3v) is 4.38. The van der Waals surface area contributed by atoms with Crippen molar-refractivity contribution in [2.24, 2.45) is 5.92 Å². The topological polar surface area (TPSA) is 58.6 Å². The van der Waals surface area contributed by atoms with E-state index < -0.39 is 5.60 Å². The predicted molar refractivity (Wildman–Crippen MR) is 75.6 cm³/mol. The van der Waals surface area contributed by atoms with Crippen molar-refractivity contribution in [3.8, 4) is 5.75 Å². The molecular weight excluding hydrogens is 254 g/mol. The molecule has 1 aromatic carbocycles. The van der Waals surface area contributed by atoms with Crippen LogP contribution in [-0.2, 0) is 11.2 Å². The van der Waals surface area contributed by atoms with Gasteiger partial charge in [-0.05, 0) is 30.9 Å². The average Bonchev–Trinajstić information content (AvgIpc) is 2.91. The maximum absolute atomic E-state index is 12.2. The number of para-hydroxylation sites is 1. The van der Waals surface area contributed by atoms with Crippen molar-refractivity contribution in [1.82, 2.24) is 5.32 Å². The van der Waals surface area contributed by atoms with E-state index in [-0.39, 0.29) is 11.8 Å². The summed E-state index contributed by atoms with van der Waals surface area (Å²) in [6.07, 6.45) is 4.38. The lowest BCUT2D eigenvalue weighted by molar-refractivity contribution is -0.127. The highest BCUT2D eigenvalue weighted by molar-refractivity contribution is 5.79. The fraction of sp³-hybridized carbons (Fsp3) is 0.562. The molecule has 4 nitrogen and oxygen atoms in total. The van der Waals surface area contributed by atoms with Crippen molar-refractivity contribution in [1.29, 1.82) is 0 Å². The van der Waals surface area contributed by atoms with Crippen molar-refractivity contribution < 1.29 is 14.6 Å². The summed E-state index contributed by atoms with van der Waals surface area (Å²) in [7, 11) is 0. The lowest BCUT2D eigenvalue weighted by Crippen LogP contribution is -2.45. The van der Waals surface area contributed by atoms with Gasteiger partial charge < -0.3 is 15.2 Å². The first kappa shape index (κ1) is 13.4. The number of nitrogens with one attached hydrogen (secondary N) is 1. The highest BCUT2D eigenvalue weighted by Crippen LogP contribution is 2.29. The first-order chi connectivity index (χ1) is 9.66. The Kier molecular flexibility index (Phi) is 3.66. The molecule has 1 aliphatic heterocycles. The van der Waals surface area contributed by atoms with E-state index in [9.17, 15) is 9.90 Å². The average molecular weight is 275 g/mol. The molecule has 1 aromatic rings. The SMILES string of the molecule is O=C(NCC1(O)CCCC1)C1COc2ccccc2C1. The van der Waals surface area contributed by atoms with Crippen LogP contribution in [0.4, 0.5) is 0 Å². The molecule has 1 unspecified atom stereocenters. The van der Waals surface area contributed by atoms with Crippen LogP contribution in [0.1, 0.15) is 31.2 Å². The van der Waals surface area contributed by atoms with Crippen LogP contribution in [-0.4, -0.2) is 29.8 Å². The molecule has 1 aliphatic carbocycles. The molecule has 108 valence electrons. The van der Waals surface area contributed by atoms with Gasteiger partial charge in [0.2, 0.25) is 5.91 Å². The molecule has 3 rings (SSSR count). The second-order valence-electron chi connectivity index (χ2n) is 5.97. The summed E-state index contributed by atoms with van der Waals surface area (Å²) in [6, 6.07) is 7.84. The van der Waals surface area contributed by atoms with Crippen molar-refractivity contribution in [2.45, 2.75) is 37.7 Å². The summed E-state index contributed by atoms with van der Waals surface area (Å²) in [6.45, 7) is 0.783. The molecule has 0 aromatic heterocycles. The second-order valence-corrected chi connectivity index (χ2v) is 5.97. The number of aliphatic hydroxyl groups is 1. The van der Waals surface area contributed by atoms with E-state index in [0.717, 1.165) is 37.0 Å². The Morgan fingerprint density at radius 2 is 2.10 bits per heavy atom. The first-order valence-corrected chi connectivity index (χ1v) is 7.37. The highest BCUT2D eigenvalue weighted by atomic mass is 16.5. The minimum atomic E-state index is -0.691. The minimum absolute atomic E-state index is 0.0140. The molecule has 0 bridgehead atoms. The summed E-state index contributed by atoms with van der Waals surface area (Å²) >= 11 is 0. The zero-order valence-corrected chi connectivity index (χ0v) is 11.6. The van der Waals surface area contributed by atoms with Gasteiger partial charge in [-0.15, -0.1) is 0 Å². The first-order valence-electron chi connectivity index (χ1n) is 7.37. The Morgan fingerprint density at radius 1 is 1.35 bits per heavy atom. The number of carbonyl (C=O) groups is 1. The molecule has 0 spiro atoms. The van der Waals surface area contributed by atoms with Gasteiger partial charge in [0, 0.05) is 6.54 Å². The smallest absolute Gasteiger partial charge is 0.226 e. The summed E-state index contributed by atoms with van der Waals surface area (Å²) in [5.41, 5.74) is 0.391. The van der Waals surface area contributed by atoms with E-state index in [4.69, 9.17) is 4.74 Å².